The summed E-state index contributed by atoms with van der Waals surface area (Å²) in [6.45, 7) is 4.52. The van der Waals surface area contributed by atoms with Crippen molar-refractivity contribution in [3.8, 4) is 28.5 Å². The molecule has 4 rings (SSSR count). The van der Waals surface area contributed by atoms with Crippen LogP contribution >= 0.6 is 23.2 Å². The van der Waals surface area contributed by atoms with E-state index in [9.17, 15) is 13.2 Å². The summed E-state index contributed by atoms with van der Waals surface area (Å²) in [7, 11) is -3.08. The first-order valence-electron chi connectivity index (χ1n) is 12.3. The van der Waals surface area contributed by atoms with E-state index in [1.807, 2.05) is 38.1 Å². The van der Waals surface area contributed by atoms with Gasteiger partial charge in [0.25, 0.3) is 0 Å². The molecule has 0 spiro atoms. The van der Waals surface area contributed by atoms with E-state index < -0.39 is 15.8 Å². The second-order valence-corrected chi connectivity index (χ2v) is 12.6. The monoisotopic (exact) mass is 593 g/mol. The molecule has 1 aromatic heterocycles. The van der Waals surface area contributed by atoms with Crippen LogP contribution in [0.1, 0.15) is 41.0 Å². The molecule has 0 fully saturated rings. The second kappa shape index (κ2) is 12.0. The molecule has 2 heterocycles. The van der Waals surface area contributed by atoms with E-state index in [0.717, 1.165) is 33.4 Å². The van der Waals surface area contributed by atoms with Gasteiger partial charge in [-0.15, -0.1) is 0 Å². The lowest BCUT2D eigenvalue weighted by atomic mass is 9.94. The predicted molar refractivity (Wildman–Crippen MR) is 150 cm³/mol. The molecule has 1 atom stereocenters. The Bertz CT molecular complexity index is 1480. The van der Waals surface area contributed by atoms with Gasteiger partial charge in [0.1, 0.15) is 22.2 Å². The zero-order chi connectivity index (χ0) is 28.3. The number of aliphatic carboxylic acids is 1. The quantitative estimate of drug-likeness (QED) is 0.269. The number of halogens is 2. The Morgan fingerprint density at radius 1 is 1.15 bits per heavy atom. The summed E-state index contributed by atoms with van der Waals surface area (Å²) in [5.74, 6) is 0.245. The highest BCUT2D eigenvalue weighted by Gasteiger charge is 2.27. The van der Waals surface area contributed by atoms with Crippen LogP contribution in [0.5, 0.6) is 17.4 Å². The first kappa shape index (κ1) is 29.0. The summed E-state index contributed by atoms with van der Waals surface area (Å²) in [4.78, 5) is 15.4. The summed E-state index contributed by atoms with van der Waals surface area (Å²) in [5.41, 5.74) is 5.04. The van der Waals surface area contributed by atoms with Gasteiger partial charge in [-0.2, -0.15) is 0 Å². The third-order valence-electron chi connectivity index (χ3n) is 6.49. The molecule has 3 aromatic rings. The van der Waals surface area contributed by atoms with Gasteiger partial charge in [-0.1, -0.05) is 41.4 Å². The van der Waals surface area contributed by atoms with Crippen molar-refractivity contribution in [3.63, 3.8) is 0 Å². The standard InChI is InChI=1S/C28H29Cl2NO7S/c1-16-25(17(2)27(30)28(26(16)29)36-8-5-9-39(3,34)35)19-7-4-6-18(10-19)14-38-23-12-22-21(13-31-23)20(15-37-22)11-24(32)33/h4,6-7,10,12-13,20H,5,8-9,11,14-15H2,1-3H3,(H,32,33). The summed E-state index contributed by atoms with van der Waals surface area (Å²) in [5, 5.41) is 9.83. The molecule has 0 bridgehead atoms. The number of rotatable bonds is 11. The van der Waals surface area contributed by atoms with Gasteiger partial charge in [-0.3, -0.25) is 4.79 Å². The first-order chi connectivity index (χ1) is 18.4. The highest BCUT2D eigenvalue weighted by molar-refractivity contribution is 7.90. The molecule has 0 radical (unpaired) electrons. The lowest BCUT2D eigenvalue weighted by Crippen LogP contribution is -2.09. The molecule has 208 valence electrons. The van der Waals surface area contributed by atoms with Crippen molar-refractivity contribution in [1.29, 1.82) is 0 Å². The van der Waals surface area contributed by atoms with Gasteiger partial charge in [0.2, 0.25) is 5.88 Å². The van der Waals surface area contributed by atoms with E-state index in [1.165, 1.54) is 6.26 Å². The molecular formula is C28H29Cl2NO7S. The van der Waals surface area contributed by atoms with Crippen molar-refractivity contribution in [1.82, 2.24) is 4.98 Å². The van der Waals surface area contributed by atoms with Crippen molar-refractivity contribution >= 4 is 39.0 Å². The summed E-state index contributed by atoms with van der Waals surface area (Å²) in [6, 6.07) is 9.48. The van der Waals surface area contributed by atoms with Crippen LogP contribution in [-0.2, 0) is 21.2 Å². The fourth-order valence-electron chi connectivity index (χ4n) is 4.57. The van der Waals surface area contributed by atoms with E-state index in [-0.39, 0.29) is 31.3 Å². The Balaban J connectivity index is 1.49. The zero-order valence-corrected chi connectivity index (χ0v) is 24.1. The number of carboxylic acid groups (broad SMARTS) is 1. The van der Waals surface area contributed by atoms with E-state index in [0.29, 0.717) is 40.5 Å². The van der Waals surface area contributed by atoms with Crippen LogP contribution in [0.2, 0.25) is 10.0 Å². The molecule has 1 N–H and O–H groups in total. The van der Waals surface area contributed by atoms with E-state index in [2.05, 4.69) is 4.98 Å². The molecule has 1 aliphatic rings. The Kier molecular flexibility index (Phi) is 8.93. The number of nitrogens with zero attached hydrogens (tertiary/aromatic N) is 1. The van der Waals surface area contributed by atoms with Crippen LogP contribution in [-0.4, -0.2) is 49.7 Å². The molecule has 2 aromatic carbocycles. The van der Waals surface area contributed by atoms with E-state index in [4.69, 9.17) is 42.5 Å². The van der Waals surface area contributed by atoms with E-state index >= 15 is 0 Å². The number of fused-ring (bicyclic) bond motifs is 1. The molecule has 39 heavy (non-hydrogen) atoms. The van der Waals surface area contributed by atoms with Crippen LogP contribution in [0.25, 0.3) is 11.1 Å². The van der Waals surface area contributed by atoms with Crippen molar-refractivity contribution in [3.05, 3.63) is 68.8 Å². The Labute approximate surface area is 237 Å². The number of carboxylic acids is 1. The molecule has 0 aliphatic carbocycles. The van der Waals surface area contributed by atoms with Crippen LogP contribution in [0.15, 0.2) is 36.5 Å². The number of carbonyl (C=O) groups is 1. The topological polar surface area (TPSA) is 112 Å². The minimum atomic E-state index is -3.08. The second-order valence-electron chi connectivity index (χ2n) is 9.57. The van der Waals surface area contributed by atoms with Gasteiger partial charge in [0.05, 0.1) is 35.4 Å². The molecule has 0 saturated heterocycles. The Morgan fingerprint density at radius 2 is 1.87 bits per heavy atom. The van der Waals surface area contributed by atoms with Crippen LogP contribution in [0.3, 0.4) is 0 Å². The SMILES string of the molecule is Cc1c(Cl)c(OCCCS(C)(=O)=O)c(Cl)c(C)c1-c1cccc(COc2cc3c(cn2)C(CC(=O)O)CO3)c1. The number of benzene rings is 2. The largest absolute Gasteiger partial charge is 0.492 e. The molecule has 1 aliphatic heterocycles. The number of hydrogen-bond donors (Lipinski definition) is 1. The smallest absolute Gasteiger partial charge is 0.304 e. The first-order valence-corrected chi connectivity index (χ1v) is 15.1. The molecule has 0 saturated carbocycles. The summed E-state index contributed by atoms with van der Waals surface area (Å²) in [6.07, 6.45) is 3.13. The molecule has 8 nitrogen and oxygen atoms in total. The molecule has 0 amide bonds. The van der Waals surface area contributed by atoms with Crippen LogP contribution < -0.4 is 14.2 Å². The predicted octanol–water partition coefficient (Wildman–Crippen LogP) is 6.02. The average molecular weight is 595 g/mol. The van der Waals surface area contributed by atoms with Gasteiger partial charge >= 0.3 is 5.97 Å². The average Bonchev–Trinajstić information content (AvgIpc) is 3.27. The number of hydrogen-bond acceptors (Lipinski definition) is 7. The highest BCUT2D eigenvalue weighted by Crippen LogP contribution is 2.45. The lowest BCUT2D eigenvalue weighted by molar-refractivity contribution is -0.137. The maximum Gasteiger partial charge on any atom is 0.304 e. The maximum absolute atomic E-state index is 11.4. The minimum absolute atomic E-state index is 0.00910. The fourth-order valence-corrected chi connectivity index (χ4v) is 5.74. The van der Waals surface area contributed by atoms with Gasteiger partial charge in [-0.25, -0.2) is 13.4 Å². The van der Waals surface area contributed by atoms with Crippen LogP contribution in [0, 0.1) is 13.8 Å². The van der Waals surface area contributed by atoms with Crippen LogP contribution in [0.4, 0.5) is 0 Å². The Hall–Kier alpha value is -3.01. The number of sulfone groups is 1. The Morgan fingerprint density at radius 3 is 2.54 bits per heavy atom. The van der Waals surface area contributed by atoms with Gasteiger partial charge in [0, 0.05) is 30.0 Å². The molecule has 11 heteroatoms. The fraction of sp³-hybridized carbons (Fsp3) is 0.357. The van der Waals surface area contributed by atoms with Gasteiger partial charge in [-0.05, 0) is 54.2 Å². The normalized spacial score (nSPS) is 14.5. The van der Waals surface area contributed by atoms with E-state index in [1.54, 1.807) is 12.3 Å². The molecule has 1 unspecified atom stereocenters. The van der Waals surface area contributed by atoms with Crippen molar-refractivity contribution in [2.75, 3.05) is 25.2 Å². The highest BCUT2D eigenvalue weighted by atomic mass is 35.5. The third kappa shape index (κ3) is 6.96. The zero-order valence-electron chi connectivity index (χ0n) is 21.8. The molecular weight excluding hydrogens is 565 g/mol. The van der Waals surface area contributed by atoms with Gasteiger partial charge in [0.15, 0.2) is 5.75 Å². The number of aromatic nitrogens is 1. The van der Waals surface area contributed by atoms with Crippen molar-refractivity contribution in [2.24, 2.45) is 0 Å². The summed E-state index contributed by atoms with van der Waals surface area (Å²) >= 11 is 13.3. The minimum Gasteiger partial charge on any atom is -0.492 e. The van der Waals surface area contributed by atoms with Gasteiger partial charge < -0.3 is 19.3 Å². The number of ether oxygens (including phenoxy) is 3. The lowest BCUT2D eigenvalue weighted by Gasteiger charge is -2.19. The van der Waals surface area contributed by atoms with Crippen molar-refractivity contribution in [2.45, 2.75) is 39.2 Å². The van der Waals surface area contributed by atoms with Crippen molar-refractivity contribution < 1.29 is 32.5 Å². The third-order valence-corrected chi connectivity index (χ3v) is 8.43. The maximum atomic E-state index is 11.4. The number of pyridine rings is 1. The summed E-state index contributed by atoms with van der Waals surface area (Å²) < 4.78 is 40.1.